The van der Waals surface area contributed by atoms with Crippen LogP contribution in [0.25, 0.3) is 0 Å². The number of hydrogen-bond acceptors (Lipinski definition) is 5. The van der Waals surface area contributed by atoms with Gasteiger partial charge in [0.05, 0.1) is 16.1 Å². The van der Waals surface area contributed by atoms with Gasteiger partial charge in [0.1, 0.15) is 0 Å². The molecule has 7 heteroatoms. The number of hydrogen-bond donors (Lipinski definition) is 0. The van der Waals surface area contributed by atoms with Crippen LogP contribution in [0.3, 0.4) is 0 Å². The molecule has 0 spiro atoms. The van der Waals surface area contributed by atoms with Crippen LogP contribution in [0, 0.1) is 0 Å². The number of nitrogens with zero attached hydrogens (tertiary/aromatic N) is 1. The van der Waals surface area contributed by atoms with Gasteiger partial charge < -0.3 is 4.74 Å². The Morgan fingerprint density at radius 2 is 1.61 bits per heavy atom. The molecule has 0 saturated carbocycles. The average molecular weight is 436 g/mol. The fraction of sp³-hybridized carbons (Fsp3) is 0.167. The minimum Gasteiger partial charge on any atom is -0.454 e. The number of fused-ring (bicyclic) bond motifs is 1. The highest BCUT2D eigenvalue weighted by Crippen LogP contribution is 2.36. The van der Waals surface area contributed by atoms with Crippen molar-refractivity contribution in [2.75, 3.05) is 10.9 Å². The number of rotatable bonds is 6. The highest BCUT2D eigenvalue weighted by Gasteiger charge is 2.36. The molecule has 1 aliphatic rings. The standard InChI is InChI=1S/C24H21NO5S/c1-17-14-19-10-5-6-13-22(19)25(17)31(28,29)21-12-7-11-20(15-21)24(27)30-16-23(26)18-8-3-2-4-9-18/h2-13,15,17H,14,16H2,1H3. The van der Waals surface area contributed by atoms with Gasteiger partial charge in [-0.3, -0.25) is 9.10 Å². The van der Waals surface area contributed by atoms with E-state index in [1.807, 2.05) is 19.1 Å². The molecular formula is C24H21NO5S. The molecule has 0 N–H and O–H groups in total. The normalized spacial score (nSPS) is 15.4. The highest BCUT2D eigenvalue weighted by atomic mass is 32.2. The minimum atomic E-state index is -3.87. The second-order valence-corrected chi connectivity index (χ2v) is 9.19. The summed E-state index contributed by atoms with van der Waals surface area (Å²) in [7, 11) is -3.87. The third-order valence-electron chi connectivity index (χ3n) is 5.20. The van der Waals surface area contributed by atoms with Crippen LogP contribution in [0.2, 0.25) is 0 Å². The number of benzene rings is 3. The van der Waals surface area contributed by atoms with Crippen molar-refractivity contribution in [3.63, 3.8) is 0 Å². The monoisotopic (exact) mass is 435 g/mol. The van der Waals surface area contributed by atoms with E-state index in [1.54, 1.807) is 42.5 Å². The Morgan fingerprint density at radius 1 is 0.935 bits per heavy atom. The number of anilines is 1. The molecule has 0 amide bonds. The lowest BCUT2D eigenvalue weighted by Gasteiger charge is -2.24. The van der Waals surface area contributed by atoms with Gasteiger partial charge in [0, 0.05) is 11.6 Å². The summed E-state index contributed by atoms with van der Waals surface area (Å²) in [5, 5.41) is 0. The summed E-state index contributed by atoms with van der Waals surface area (Å²) in [5.74, 6) is -1.09. The summed E-state index contributed by atoms with van der Waals surface area (Å²) >= 11 is 0. The summed E-state index contributed by atoms with van der Waals surface area (Å²) < 4.78 is 33.2. The number of ether oxygens (including phenoxy) is 1. The summed E-state index contributed by atoms with van der Waals surface area (Å²) in [6.45, 7) is 1.43. The Hall–Kier alpha value is -3.45. The molecule has 0 fully saturated rings. The van der Waals surface area contributed by atoms with E-state index in [1.165, 1.54) is 28.6 Å². The van der Waals surface area contributed by atoms with Gasteiger partial charge in [-0.2, -0.15) is 0 Å². The van der Waals surface area contributed by atoms with Crippen LogP contribution in [0.4, 0.5) is 5.69 Å². The second-order valence-electron chi connectivity index (χ2n) is 7.38. The predicted octanol–water partition coefficient (Wildman–Crippen LogP) is 3.87. The third-order valence-corrected chi connectivity index (χ3v) is 7.13. The van der Waals surface area contributed by atoms with Crippen LogP contribution in [0.1, 0.15) is 33.2 Å². The Morgan fingerprint density at radius 3 is 2.39 bits per heavy atom. The van der Waals surface area contributed by atoms with Gasteiger partial charge in [-0.25, -0.2) is 13.2 Å². The molecule has 3 aromatic carbocycles. The lowest BCUT2D eigenvalue weighted by atomic mass is 10.1. The predicted molar refractivity (Wildman–Crippen MR) is 117 cm³/mol. The lowest BCUT2D eigenvalue weighted by molar-refractivity contribution is 0.0474. The summed E-state index contributed by atoms with van der Waals surface area (Å²) in [6.07, 6.45) is 0.624. The zero-order chi connectivity index (χ0) is 22.0. The van der Waals surface area contributed by atoms with E-state index >= 15 is 0 Å². The molecule has 0 bridgehead atoms. The maximum atomic E-state index is 13.4. The van der Waals surface area contributed by atoms with Gasteiger partial charge in [0.2, 0.25) is 0 Å². The van der Waals surface area contributed by atoms with Gasteiger partial charge in [0.25, 0.3) is 10.0 Å². The van der Waals surface area contributed by atoms with Crippen LogP contribution >= 0.6 is 0 Å². The maximum absolute atomic E-state index is 13.4. The van der Waals surface area contributed by atoms with Crippen molar-refractivity contribution in [3.8, 4) is 0 Å². The number of esters is 1. The third kappa shape index (κ3) is 4.09. The molecule has 1 unspecified atom stereocenters. The zero-order valence-electron chi connectivity index (χ0n) is 16.9. The van der Waals surface area contributed by atoms with Crippen molar-refractivity contribution in [1.82, 2.24) is 0 Å². The first-order valence-corrected chi connectivity index (χ1v) is 11.3. The molecule has 0 aromatic heterocycles. The largest absolute Gasteiger partial charge is 0.454 e. The second kappa shape index (κ2) is 8.35. The molecule has 0 saturated heterocycles. The van der Waals surface area contributed by atoms with Crippen LogP contribution < -0.4 is 4.31 Å². The first kappa shape index (κ1) is 20.8. The molecule has 1 aliphatic heterocycles. The summed E-state index contributed by atoms with van der Waals surface area (Å²) in [6, 6.07) is 21.4. The number of carbonyl (C=O) groups excluding carboxylic acids is 2. The van der Waals surface area contributed by atoms with Gasteiger partial charge >= 0.3 is 5.97 Å². The first-order valence-electron chi connectivity index (χ1n) is 9.85. The SMILES string of the molecule is CC1Cc2ccccc2N1S(=O)(=O)c1cccc(C(=O)OCC(=O)c2ccccc2)c1. The van der Waals surface area contributed by atoms with E-state index in [9.17, 15) is 18.0 Å². The zero-order valence-corrected chi connectivity index (χ0v) is 17.7. The fourth-order valence-electron chi connectivity index (χ4n) is 3.72. The van der Waals surface area contributed by atoms with Crippen molar-refractivity contribution in [2.45, 2.75) is 24.3 Å². The van der Waals surface area contributed by atoms with Crippen molar-refractivity contribution >= 4 is 27.5 Å². The highest BCUT2D eigenvalue weighted by molar-refractivity contribution is 7.92. The van der Waals surface area contributed by atoms with Crippen molar-refractivity contribution in [3.05, 3.63) is 95.6 Å². The van der Waals surface area contributed by atoms with Crippen LogP contribution in [-0.2, 0) is 21.2 Å². The number of para-hydroxylation sites is 1. The average Bonchev–Trinajstić information content (AvgIpc) is 3.14. The van der Waals surface area contributed by atoms with Gasteiger partial charge in [-0.15, -0.1) is 0 Å². The Labute approximate surface area is 181 Å². The van der Waals surface area contributed by atoms with Crippen molar-refractivity contribution in [2.24, 2.45) is 0 Å². The Kier molecular flexibility index (Phi) is 5.61. The number of carbonyl (C=O) groups is 2. The van der Waals surface area contributed by atoms with E-state index in [0.29, 0.717) is 17.7 Å². The minimum absolute atomic E-state index is 0.000103. The van der Waals surface area contributed by atoms with Crippen LogP contribution in [0.5, 0.6) is 0 Å². The van der Waals surface area contributed by atoms with E-state index < -0.39 is 22.6 Å². The lowest BCUT2D eigenvalue weighted by Crippen LogP contribution is -2.35. The number of ketones is 1. The number of Topliss-reactive ketones (excluding diaryl/α,β-unsaturated/α-hetero) is 1. The smallest absolute Gasteiger partial charge is 0.338 e. The molecule has 6 nitrogen and oxygen atoms in total. The van der Waals surface area contributed by atoms with Gasteiger partial charge in [-0.1, -0.05) is 54.6 Å². The quantitative estimate of drug-likeness (QED) is 0.434. The topological polar surface area (TPSA) is 80.8 Å². The number of sulfonamides is 1. The van der Waals surface area contributed by atoms with E-state index in [4.69, 9.17) is 4.74 Å². The van der Waals surface area contributed by atoms with E-state index in [0.717, 1.165) is 5.56 Å². The van der Waals surface area contributed by atoms with Crippen LogP contribution in [0.15, 0.2) is 83.8 Å². The van der Waals surface area contributed by atoms with Crippen LogP contribution in [-0.4, -0.2) is 32.8 Å². The van der Waals surface area contributed by atoms with Gasteiger partial charge in [-0.05, 0) is 43.2 Å². The van der Waals surface area contributed by atoms with E-state index in [-0.39, 0.29) is 22.3 Å². The van der Waals surface area contributed by atoms with Gasteiger partial charge in [0.15, 0.2) is 12.4 Å². The molecule has 1 atom stereocenters. The molecule has 1 heterocycles. The molecule has 3 aromatic rings. The molecular weight excluding hydrogens is 414 g/mol. The maximum Gasteiger partial charge on any atom is 0.338 e. The van der Waals surface area contributed by atoms with Crippen molar-refractivity contribution < 1.29 is 22.7 Å². The molecule has 4 rings (SSSR count). The first-order chi connectivity index (χ1) is 14.9. The Bertz CT molecular complexity index is 1240. The Balaban J connectivity index is 1.54. The fourth-order valence-corrected chi connectivity index (χ4v) is 5.46. The summed E-state index contributed by atoms with van der Waals surface area (Å²) in [5.41, 5.74) is 2.13. The van der Waals surface area contributed by atoms with E-state index in [2.05, 4.69) is 0 Å². The molecule has 31 heavy (non-hydrogen) atoms. The molecule has 158 valence electrons. The molecule has 0 aliphatic carbocycles. The van der Waals surface area contributed by atoms with Crippen molar-refractivity contribution in [1.29, 1.82) is 0 Å². The molecule has 0 radical (unpaired) electrons. The summed E-state index contributed by atoms with van der Waals surface area (Å²) in [4.78, 5) is 24.6.